The highest BCUT2D eigenvalue weighted by atomic mass is 16.5. The Morgan fingerprint density at radius 1 is 1.10 bits per heavy atom. The number of aryl methyl sites for hydroxylation is 3. The minimum atomic E-state index is -0.782. The fraction of sp³-hybridized carbons (Fsp3) is 0.409. The lowest BCUT2D eigenvalue weighted by Gasteiger charge is -2.20. The van der Waals surface area contributed by atoms with Crippen molar-refractivity contribution >= 4 is 33.8 Å². The maximum Gasteiger partial charge on any atom is 0.340 e. The van der Waals surface area contributed by atoms with Crippen LogP contribution in [0.3, 0.4) is 0 Å². The zero-order valence-electron chi connectivity index (χ0n) is 17.5. The van der Waals surface area contributed by atoms with Crippen LogP contribution in [0.25, 0.3) is 21.9 Å². The van der Waals surface area contributed by atoms with Crippen LogP contribution in [-0.2, 0) is 20.7 Å². The molecule has 1 amide bonds. The topological polar surface area (TPSA) is 98.8 Å². The van der Waals surface area contributed by atoms with Gasteiger partial charge >= 0.3 is 11.6 Å². The fourth-order valence-corrected chi connectivity index (χ4v) is 3.53. The lowest BCUT2D eigenvalue weighted by Crippen LogP contribution is -2.45. The van der Waals surface area contributed by atoms with Crippen molar-refractivity contribution in [1.82, 2.24) is 5.32 Å². The molecule has 154 valence electrons. The molecule has 0 aliphatic carbocycles. The Morgan fingerprint density at radius 3 is 2.41 bits per heavy atom. The summed E-state index contributed by atoms with van der Waals surface area (Å²) in [6.07, 6.45) is 1.48. The van der Waals surface area contributed by atoms with Gasteiger partial charge in [0.2, 0.25) is 5.91 Å². The van der Waals surface area contributed by atoms with Gasteiger partial charge in [0.25, 0.3) is 0 Å². The second-order valence-electron chi connectivity index (χ2n) is 7.66. The van der Waals surface area contributed by atoms with Gasteiger partial charge in [-0.1, -0.05) is 13.8 Å². The Morgan fingerprint density at radius 2 is 1.79 bits per heavy atom. The van der Waals surface area contributed by atoms with Gasteiger partial charge in [0.1, 0.15) is 17.2 Å². The van der Waals surface area contributed by atoms with Gasteiger partial charge in [-0.25, -0.2) is 9.59 Å². The quantitative estimate of drug-likeness (QED) is 0.522. The normalized spacial score (nSPS) is 12.5. The lowest BCUT2D eigenvalue weighted by atomic mass is 9.98. The Hall–Kier alpha value is -3.09. The molecule has 0 aliphatic rings. The van der Waals surface area contributed by atoms with Crippen LogP contribution in [0.15, 0.2) is 26.0 Å². The van der Waals surface area contributed by atoms with Crippen molar-refractivity contribution in [1.29, 1.82) is 0 Å². The van der Waals surface area contributed by atoms with E-state index in [9.17, 15) is 14.4 Å². The van der Waals surface area contributed by atoms with E-state index in [0.717, 1.165) is 21.9 Å². The van der Waals surface area contributed by atoms with Crippen molar-refractivity contribution in [3.05, 3.63) is 45.0 Å². The number of amides is 1. The maximum absolute atomic E-state index is 12.6. The van der Waals surface area contributed by atoms with Gasteiger partial charge in [-0.3, -0.25) is 4.79 Å². The SMILES string of the molecule is COC(=O)[C@@H](NC(=O)Cc1c(C)c2cc3c(C)coc3c(C)c2oc1=O)C(C)C. The molecule has 2 heterocycles. The number of benzene rings is 1. The third-order valence-electron chi connectivity index (χ3n) is 5.31. The zero-order valence-corrected chi connectivity index (χ0v) is 17.5. The monoisotopic (exact) mass is 399 g/mol. The summed E-state index contributed by atoms with van der Waals surface area (Å²) >= 11 is 0. The van der Waals surface area contributed by atoms with E-state index >= 15 is 0 Å². The van der Waals surface area contributed by atoms with Crippen molar-refractivity contribution in [2.45, 2.75) is 47.1 Å². The van der Waals surface area contributed by atoms with Crippen molar-refractivity contribution in [2.24, 2.45) is 5.92 Å². The molecule has 0 unspecified atom stereocenters. The number of hydrogen-bond acceptors (Lipinski definition) is 6. The number of hydrogen-bond donors (Lipinski definition) is 1. The van der Waals surface area contributed by atoms with Gasteiger partial charge in [-0.15, -0.1) is 0 Å². The molecule has 0 radical (unpaired) electrons. The molecule has 7 nitrogen and oxygen atoms in total. The number of methoxy groups -OCH3 is 1. The van der Waals surface area contributed by atoms with Crippen molar-refractivity contribution in [2.75, 3.05) is 7.11 Å². The summed E-state index contributed by atoms with van der Waals surface area (Å²) in [5, 5.41) is 4.35. The minimum Gasteiger partial charge on any atom is -0.467 e. The van der Waals surface area contributed by atoms with Crippen LogP contribution in [0.5, 0.6) is 0 Å². The Bertz CT molecular complexity index is 1170. The zero-order chi connectivity index (χ0) is 21.5. The van der Waals surface area contributed by atoms with Gasteiger partial charge in [-0.05, 0) is 43.9 Å². The third kappa shape index (κ3) is 3.64. The lowest BCUT2D eigenvalue weighted by molar-refractivity contribution is -0.146. The molecular formula is C22H25NO6. The largest absolute Gasteiger partial charge is 0.467 e. The number of carbonyl (C=O) groups excluding carboxylic acids is 2. The highest BCUT2D eigenvalue weighted by molar-refractivity contribution is 6.00. The number of fused-ring (bicyclic) bond motifs is 2. The van der Waals surface area contributed by atoms with Gasteiger partial charge < -0.3 is 18.9 Å². The van der Waals surface area contributed by atoms with Gasteiger partial charge in [0.05, 0.1) is 25.4 Å². The van der Waals surface area contributed by atoms with E-state index in [1.165, 1.54) is 7.11 Å². The van der Waals surface area contributed by atoms with Crippen molar-refractivity contribution < 1.29 is 23.2 Å². The first kappa shape index (κ1) is 20.6. The molecule has 0 bridgehead atoms. The number of ether oxygens (including phenoxy) is 1. The summed E-state index contributed by atoms with van der Waals surface area (Å²) in [5.41, 5.74) is 3.22. The molecule has 29 heavy (non-hydrogen) atoms. The molecule has 0 aliphatic heterocycles. The van der Waals surface area contributed by atoms with Gasteiger partial charge in [0, 0.05) is 16.3 Å². The molecule has 0 spiro atoms. The summed E-state index contributed by atoms with van der Waals surface area (Å²) in [6.45, 7) is 9.19. The Labute approximate surface area is 168 Å². The van der Waals surface area contributed by atoms with Crippen LogP contribution in [0.2, 0.25) is 0 Å². The molecule has 0 saturated heterocycles. The molecule has 7 heteroatoms. The molecule has 0 fully saturated rings. The number of furan rings is 1. The van der Waals surface area contributed by atoms with Gasteiger partial charge in [0.15, 0.2) is 0 Å². The predicted molar refractivity (Wildman–Crippen MR) is 109 cm³/mol. The number of carbonyl (C=O) groups is 2. The van der Waals surface area contributed by atoms with Crippen LogP contribution in [0.4, 0.5) is 0 Å². The summed E-state index contributed by atoms with van der Waals surface area (Å²) in [7, 11) is 1.27. The minimum absolute atomic E-state index is 0.152. The smallest absolute Gasteiger partial charge is 0.340 e. The van der Waals surface area contributed by atoms with Crippen LogP contribution in [0, 0.1) is 26.7 Å². The second-order valence-corrected chi connectivity index (χ2v) is 7.66. The van der Waals surface area contributed by atoms with E-state index in [1.54, 1.807) is 27.0 Å². The maximum atomic E-state index is 12.6. The van der Waals surface area contributed by atoms with Crippen LogP contribution in [-0.4, -0.2) is 25.0 Å². The standard InChI is InChI=1S/C22H25NO6/c1-10(2)18(22(26)27-6)23-17(24)8-16-12(4)15-7-14-11(3)9-28-19(14)13(5)20(15)29-21(16)25/h7,9-10,18H,8H2,1-6H3,(H,23,24)/t18-/m0/s1. The first-order valence-corrected chi connectivity index (χ1v) is 9.46. The highest BCUT2D eigenvalue weighted by Gasteiger charge is 2.26. The molecule has 1 atom stereocenters. The third-order valence-corrected chi connectivity index (χ3v) is 5.31. The van der Waals surface area contributed by atoms with Gasteiger partial charge in [-0.2, -0.15) is 0 Å². The van der Waals surface area contributed by atoms with Crippen molar-refractivity contribution in [3.63, 3.8) is 0 Å². The van der Waals surface area contributed by atoms with E-state index < -0.39 is 23.5 Å². The first-order chi connectivity index (χ1) is 13.6. The molecule has 3 rings (SSSR count). The molecule has 0 saturated carbocycles. The molecular weight excluding hydrogens is 374 g/mol. The van der Waals surface area contributed by atoms with Crippen molar-refractivity contribution in [3.8, 4) is 0 Å². The average molecular weight is 399 g/mol. The number of nitrogens with one attached hydrogen (secondary N) is 1. The average Bonchev–Trinajstić information content (AvgIpc) is 3.04. The summed E-state index contributed by atoms with van der Waals surface area (Å²) in [6, 6.07) is 1.14. The van der Waals surface area contributed by atoms with E-state index in [0.29, 0.717) is 16.7 Å². The van der Waals surface area contributed by atoms with Crippen LogP contribution >= 0.6 is 0 Å². The molecule has 1 aromatic carbocycles. The fourth-order valence-electron chi connectivity index (χ4n) is 3.53. The summed E-state index contributed by atoms with van der Waals surface area (Å²) in [5.74, 6) is -1.12. The van der Waals surface area contributed by atoms with E-state index in [1.807, 2.05) is 19.9 Å². The molecule has 3 aromatic rings. The highest BCUT2D eigenvalue weighted by Crippen LogP contribution is 2.32. The Balaban J connectivity index is 2.02. The predicted octanol–water partition coefficient (Wildman–Crippen LogP) is 3.32. The van der Waals surface area contributed by atoms with Crippen LogP contribution in [0.1, 0.15) is 36.1 Å². The van der Waals surface area contributed by atoms with E-state index in [4.69, 9.17) is 13.6 Å². The number of rotatable bonds is 5. The first-order valence-electron chi connectivity index (χ1n) is 9.46. The Kier molecular flexibility index (Phi) is 5.50. The molecule has 2 aromatic heterocycles. The van der Waals surface area contributed by atoms with Crippen LogP contribution < -0.4 is 10.9 Å². The van der Waals surface area contributed by atoms with E-state index in [2.05, 4.69) is 5.32 Å². The van der Waals surface area contributed by atoms with E-state index in [-0.39, 0.29) is 17.9 Å². The second kappa shape index (κ2) is 7.73. The number of esters is 1. The summed E-state index contributed by atoms with van der Waals surface area (Å²) < 4.78 is 15.9. The summed E-state index contributed by atoms with van der Waals surface area (Å²) in [4.78, 5) is 37.1. The molecule has 1 N–H and O–H groups in total.